The molecule has 2 heterocycles. The molecule has 1 aliphatic carbocycles. The maximum absolute atomic E-state index is 13.8. The number of alkyl halides is 5. The van der Waals surface area contributed by atoms with Crippen molar-refractivity contribution in [2.24, 2.45) is 0 Å². The molecule has 0 radical (unpaired) electrons. The lowest BCUT2D eigenvalue weighted by atomic mass is 9.95. The average molecular weight is 479 g/mol. The molecule has 0 unspecified atom stereocenters. The highest BCUT2D eigenvalue weighted by atomic mass is 19.4. The van der Waals surface area contributed by atoms with E-state index in [1.54, 1.807) is 0 Å². The third kappa shape index (κ3) is 6.26. The molecule has 33 heavy (non-hydrogen) atoms. The van der Waals surface area contributed by atoms with Crippen molar-refractivity contribution < 1.29 is 41.0 Å². The number of carbonyl (C=O) groups is 1. The van der Waals surface area contributed by atoms with Gasteiger partial charge in [0.25, 0.3) is 5.91 Å². The number of nitrogens with one attached hydrogen (secondary N) is 2. The number of pyridine rings is 1. The molecule has 6 nitrogen and oxygen atoms in total. The summed E-state index contributed by atoms with van der Waals surface area (Å²) < 4.78 is 77.1. The largest absolute Gasteiger partial charge is 0.432 e. The van der Waals surface area contributed by atoms with Gasteiger partial charge in [0.2, 0.25) is 0 Å². The van der Waals surface area contributed by atoms with E-state index in [-0.39, 0.29) is 30.6 Å². The van der Waals surface area contributed by atoms with Crippen molar-refractivity contribution >= 4 is 16.8 Å². The molecule has 2 aromatic rings. The van der Waals surface area contributed by atoms with Crippen LogP contribution in [-0.2, 0) is 0 Å². The van der Waals surface area contributed by atoms with Crippen LogP contribution in [0.25, 0.3) is 10.9 Å². The Morgan fingerprint density at radius 1 is 1.18 bits per heavy atom. The second-order valence-electron chi connectivity index (χ2n) is 8.02. The summed E-state index contributed by atoms with van der Waals surface area (Å²) in [5.41, 5.74) is -1.86. The van der Waals surface area contributed by atoms with Gasteiger partial charge in [0.1, 0.15) is 0 Å². The van der Waals surface area contributed by atoms with Crippen molar-refractivity contribution in [1.82, 2.24) is 15.6 Å². The summed E-state index contributed by atoms with van der Waals surface area (Å²) in [6.45, 7) is -3.87. The van der Waals surface area contributed by atoms with Gasteiger partial charge in [-0.15, -0.1) is 0 Å². The molecule has 1 aliphatic heterocycles. The number of β-amino-alcohol motifs (C(OH)–C–C–N with tert-alkyl or cyclic N) is 1. The van der Waals surface area contributed by atoms with E-state index >= 15 is 0 Å². The number of aromatic nitrogens is 1. The summed E-state index contributed by atoms with van der Waals surface area (Å²) in [6.07, 6.45) is 2.17. The number of nitrogens with zero attached hydrogens (tertiary/aromatic N) is 1. The second kappa shape index (κ2) is 10.1. The first kappa shape index (κ1) is 25.0. The topological polar surface area (TPSA) is 83.5 Å². The van der Waals surface area contributed by atoms with Gasteiger partial charge in [-0.1, -0.05) is 19.3 Å². The third-order valence-electron chi connectivity index (χ3n) is 5.52. The van der Waals surface area contributed by atoms with Gasteiger partial charge in [0.05, 0.1) is 11.1 Å². The number of hydrogen-bond donors (Lipinski definition) is 3. The normalized spacial score (nSPS) is 18.3. The molecule has 1 aromatic carbocycles. The van der Waals surface area contributed by atoms with E-state index in [4.69, 9.17) is 5.11 Å². The van der Waals surface area contributed by atoms with Gasteiger partial charge in [0.15, 0.2) is 17.2 Å². The van der Waals surface area contributed by atoms with Gasteiger partial charge in [-0.3, -0.25) is 9.78 Å². The maximum Gasteiger partial charge on any atom is 0.419 e. The summed E-state index contributed by atoms with van der Waals surface area (Å²) in [5, 5.41) is 14.2. The summed E-state index contributed by atoms with van der Waals surface area (Å²) in [6, 6.07) is 3.78. The molecule has 4 rings (SSSR count). The maximum atomic E-state index is 13.8. The fraction of sp³-hybridized carbons (Fsp3) is 0.524. The minimum atomic E-state index is -4.47. The second-order valence-corrected chi connectivity index (χ2v) is 8.02. The molecule has 1 aromatic heterocycles. The fourth-order valence-electron chi connectivity index (χ4n) is 3.52. The number of benzene rings is 1. The molecule has 1 saturated heterocycles. The number of aliphatic hydroxyl groups is 1. The van der Waals surface area contributed by atoms with Gasteiger partial charge in [0, 0.05) is 36.8 Å². The van der Waals surface area contributed by atoms with Crippen LogP contribution in [0.2, 0.25) is 0 Å². The minimum absolute atomic E-state index is 0.153. The van der Waals surface area contributed by atoms with E-state index in [0.29, 0.717) is 10.9 Å². The Bertz CT molecular complexity index is 976. The van der Waals surface area contributed by atoms with Gasteiger partial charge in [-0.25, -0.2) is 4.39 Å². The van der Waals surface area contributed by atoms with Crippen molar-refractivity contribution in [1.29, 1.82) is 0 Å². The lowest BCUT2D eigenvalue weighted by molar-refractivity contribution is -0.274. The van der Waals surface area contributed by atoms with Crippen LogP contribution < -0.4 is 15.4 Å². The molecular formula is C21H23F6N3O3. The van der Waals surface area contributed by atoms with E-state index in [2.05, 4.69) is 20.4 Å². The monoisotopic (exact) mass is 479 g/mol. The summed E-state index contributed by atoms with van der Waals surface area (Å²) in [4.78, 5) is 16.3. The highest BCUT2D eigenvalue weighted by molar-refractivity contribution is 5.97. The van der Waals surface area contributed by atoms with Crippen molar-refractivity contribution in [2.75, 3.05) is 13.1 Å². The van der Waals surface area contributed by atoms with Crippen LogP contribution >= 0.6 is 0 Å². The Labute approximate surface area is 185 Å². The number of fused-ring (bicyclic) bond motifs is 1. The molecule has 2 aliphatic rings. The van der Waals surface area contributed by atoms with E-state index in [0.717, 1.165) is 37.8 Å². The van der Waals surface area contributed by atoms with Gasteiger partial charge in [-0.2, -0.15) is 22.0 Å². The minimum Gasteiger partial charge on any atom is -0.432 e. The Kier molecular flexibility index (Phi) is 7.68. The third-order valence-corrected chi connectivity index (χ3v) is 5.52. The van der Waals surface area contributed by atoms with Crippen molar-refractivity contribution in [3.8, 4) is 5.75 Å². The predicted molar refractivity (Wildman–Crippen MR) is 107 cm³/mol. The van der Waals surface area contributed by atoms with Crippen LogP contribution in [0, 0.1) is 5.82 Å². The first-order valence-corrected chi connectivity index (χ1v) is 10.3. The number of halogens is 6. The van der Waals surface area contributed by atoms with E-state index in [1.165, 1.54) is 18.7 Å². The number of rotatable bonds is 4. The zero-order valence-electron chi connectivity index (χ0n) is 17.4. The van der Waals surface area contributed by atoms with Crippen LogP contribution in [0.15, 0.2) is 24.4 Å². The molecule has 182 valence electrons. The first-order chi connectivity index (χ1) is 15.5. The van der Waals surface area contributed by atoms with Gasteiger partial charge in [-0.05, 0) is 25.0 Å². The molecule has 0 bridgehead atoms. The summed E-state index contributed by atoms with van der Waals surface area (Å²) >= 11 is 0. The number of amides is 1. The smallest absolute Gasteiger partial charge is 0.419 e. The summed E-state index contributed by atoms with van der Waals surface area (Å²) in [7, 11) is 0. The van der Waals surface area contributed by atoms with E-state index in [1.807, 2.05) is 0 Å². The Hall–Kier alpha value is -2.60. The van der Waals surface area contributed by atoms with Crippen LogP contribution in [0.5, 0.6) is 5.75 Å². The molecule has 0 spiro atoms. The SMILES string of the molecule is O=C(NC1CCCCC1)c1cnc2cc(OC(F)F)c(F)cc2c1.OC1(C(F)(F)F)CNC1. The fourth-order valence-corrected chi connectivity index (χ4v) is 3.52. The van der Waals surface area contributed by atoms with Gasteiger partial charge >= 0.3 is 12.8 Å². The molecule has 1 amide bonds. The molecule has 12 heteroatoms. The molecule has 3 N–H and O–H groups in total. The lowest BCUT2D eigenvalue weighted by Gasteiger charge is -2.38. The highest BCUT2D eigenvalue weighted by Gasteiger charge is 2.57. The Balaban J connectivity index is 0.000000286. The average Bonchev–Trinajstić information content (AvgIpc) is 2.72. The number of ether oxygens (including phenoxy) is 1. The molecule has 0 atom stereocenters. The number of hydrogen-bond acceptors (Lipinski definition) is 5. The van der Waals surface area contributed by atoms with Crippen molar-refractivity contribution in [3.63, 3.8) is 0 Å². The first-order valence-electron chi connectivity index (χ1n) is 10.3. The van der Waals surface area contributed by atoms with Crippen LogP contribution in [-0.4, -0.2) is 53.5 Å². The predicted octanol–water partition coefficient (Wildman–Crippen LogP) is 3.92. The zero-order chi connectivity index (χ0) is 24.2. The van der Waals surface area contributed by atoms with E-state index in [9.17, 15) is 31.1 Å². The zero-order valence-corrected chi connectivity index (χ0v) is 17.4. The van der Waals surface area contributed by atoms with Crippen LogP contribution in [0.1, 0.15) is 42.5 Å². The van der Waals surface area contributed by atoms with Crippen molar-refractivity contribution in [2.45, 2.75) is 56.5 Å². The summed E-state index contributed by atoms with van der Waals surface area (Å²) in [5.74, 6) is -1.75. The highest BCUT2D eigenvalue weighted by Crippen LogP contribution is 2.32. The van der Waals surface area contributed by atoms with Crippen LogP contribution in [0.4, 0.5) is 26.3 Å². The quantitative estimate of drug-likeness (QED) is 0.579. The van der Waals surface area contributed by atoms with Crippen molar-refractivity contribution in [3.05, 3.63) is 35.8 Å². The van der Waals surface area contributed by atoms with E-state index < -0.39 is 30.0 Å². The molecular weight excluding hydrogens is 456 g/mol. The number of carbonyl (C=O) groups excluding carboxylic acids is 1. The molecule has 2 fully saturated rings. The molecule has 1 saturated carbocycles. The Morgan fingerprint density at radius 3 is 2.36 bits per heavy atom. The Morgan fingerprint density at radius 2 is 1.85 bits per heavy atom. The lowest BCUT2D eigenvalue weighted by Crippen LogP contribution is -2.67. The van der Waals surface area contributed by atoms with Gasteiger partial charge < -0.3 is 20.5 Å². The van der Waals surface area contributed by atoms with Crippen LogP contribution in [0.3, 0.4) is 0 Å². The standard InChI is InChI=1S/C17H17F3N2O2.C4H6F3NO/c18-13-7-10-6-11(16(23)22-12-4-2-1-3-5-12)9-21-14(10)8-15(13)24-17(19)20;5-4(6,7)3(9)1-8-2-3/h6-9,12,17H,1-5H2,(H,22,23);8-9H,1-2H2.